The number of rotatable bonds is 7. The quantitative estimate of drug-likeness (QED) is 0.195. The van der Waals surface area contributed by atoms with E-state index in [4.69, 9.17) is 4.74 Å². The summed E-state index contributed by atoms with van der Waals surface area (Å²) in [6.45, 7) is 1.90. The molecule has 1 atom stereocenters. The molecule has 1 aliphatic heterocycles. The van der Waals surface area contributed by atoms with Crippen LogP contribution in [0.25, 0.3) is 0 Å². The summed E-state index contributed by atoms with van der Waals surface area (Å²) in [4.78, 5) is 26.3. The van der Waals surface area contributed by atoms with Gasteiger partial charge in [0.2, 0.25) is 5.91 Å². The van der Waals surface area contributed by atoms with E-state index in [9.17, 15) is 31.5 Å². The van der Waals surface area contributed by atoms with Gasteiger partial charge in [-0.2, -0.15) is 13.2 Å². The Morgan fingerprint density at radius 1 is 0.929 bits per heavy atom. The average molecular weight is 588 g/mol. The van der Waals surface area contributed by atoms with Crippen molar-refractivity contribution in [1.82, 2.24) is 0 Å². The lowest BCUT2D eigenvalue weighted by Gasteiger charge is -2.43. The van der Waals surface area contributed by atoms with Crippen LogP contribution in [-0.4, -0.2) is 18.5 Å². The third kappa shape index (κ3) is 5.77. The molecule has 3 aromatic rings. The summed E-state index contributed by atoms with van der Waals surface area (Å²) in [5.74, 6) is -4.30. The first-order valence-corrected chi connectivity index (χ1v) is 13.8. The van der Waals surface area contributed by atoms with Crippen LogP contribution in [-0.2, 0) is 21.4 Å². The molecule has 3 N–H and O–H groups in total. The summed E-state index contributed by atoms with van der Waals surface area (Å²) in [6, 6.07) is 12.5. The van der Waals surface area contributed by atoms with Gasteiger partial charge in [-0.25, -0.2) is 13.6 Å². The van der Waals surface area contributed by atoms with Crippen LogP contribution in [0.15, 0.2) is 60.7 Å². The van der Waals surface area contributed by atoms with Gasteiger partial charge in [0.05, 0.1) is 35.0 Å². The van der Waals surface area contributed by atoms with Crippen molar-refractivity contribution in [2.75, 3.05) is 22.6 Å². The van der Waals surface area contributed by atoms with Gasteiger partial charge in [0.1, 0.15) is 5.66 Å². The summed E-state index contributed by atoms with van der Waals surface area (Å²) in [5.41, 5.74) is -1.03. The van der Waals surface area contributed by atoms with Gasteiger partial charge in [0, 0.05) is 17.8 Å². The van der Waals surface area contributed by atoms with Gasteiger partial charge < -0.3 is 20.7 Å². The first kappa shape index (κ1) is 29.3. The van der Waals surface area contributed by atoms with Gasteiger partial charge >= 0.3 is 12.1 Å². The largest absolute Gasteiger partial charge is 0.462 e. The minimum atomic E-state index is -4.58. The van der Waals surface area contributed by atoms with Gasteiger partial charge in [-0.1, -0.05) is 31.4 Å². The number of hydrogen-bond donors (Lipinski definition) is 3. The van der Waals surface area contributed by atoms with Crippen LogP contribution in [0.5, 0.6) is 0 Å². The molecular formula is C31H30F5N3O3. The molecule has 1 aliphatic carbocycles. The number of hydrogen-bond acceptors (Lipinski definition) is 5. The van der Waals surface area contributed by atoms with Crippen molar-refractivity contribution in [3.05, 3.63) is 89.0 Å². The molecule has 42 heavy (non-hydrogen) atoms. The molecule has 5 rings (SSSR count). The fraction of sp³-hybridized carbons (Fsp3) is 0.355. The third-order valence-electron chi connectivity index (χ3n) is 7.93. The highest BCUT2D eigenvalue weighted by atomic mass is 19.4. The predicted octanol–water partition coefficient (Wildman–Crippen LogP) is 7.69. The van der Waals surface area contributed by atoms with E-state index in [0.717, 1.165) is 43.5 Å². The molecule has 1 amide bonds. The molecule has 0 aromatic heterocycles. The van der Waals surface area contributed by atoms with Gasteiger partial charge in [0.15, 0.2) is 11.6 Å². The lowest BCUT2D eigenvalue weighted by Crippen LogP contribution is -2.54. The summed E-state index contributed by atoms with van der Waals surface area (Å²) < 4.78 is 73.8. The molecule has 1 heterocycles. The van der Waals surface area contributed by atoms with Crippen LogP contribution in [0.4, 0.5) is 39.0 Å². The second-order valence-corrected chi connectivity index (χ2v) is 10.6. The molecule has 1 saturated carbocycles. The molecule has 1 unspecified atom stereocenters. The van der Waals surface area contributed by atoms with E-state index in [2.05, 4.69) is 16.0 Å². The van der Waals surface area contributed by atoms with Gasteiger partial charge in [0.25, 0.3) is 0 Å². The number of ether oxygens (including phenoxy) is 1. The highest BCUT2D eigenvalue weighted by molar-refractivity contribution is 5.96. The Labute approximate surface area is 239 Å². The van der Waals surface area contributed by atoms with Crippen molar-refractivity contribution in [1.29, 1.82) is 0 Å². The summed E-state index contributed by atoms with van der Waals surface area (Å²) in [5, 5.41) is 9.24. The molecule has 2 aliphatic rings. The third-order valence-corrected chi connectivity index (χ3v) is 7.93. The Morgan fingerprint density at radius 3 is 2.02 bits per heavy atom. The first-order chi connectivity index (χ1) is 20.0. The summed E-state index contributed by atoms with van der Waals surface area (Å²) in [6.07, 6.45) is -0.558. The van der Waals surface area contributed by atoms with E-state index in [-0.39, 0.29) is 23.9 Å². The lowest BCUT2D eigenvalue weighted by atomic mass is 9.71. The van der Waals surface area contributed by atoms with Gasteiger partial charge in [-0.05, 0) is 67.6 Å². The molecule has 0 radical (unpaired) electrons. The summed E-state index contributed by atoms with van der Waals surface area (Å²) >= 11 is 0. The molecule has 1 fully saturated rings. The zero-order valence-electron chi connectivity index (χ0n) is 22.8. The lowest BCUT2D eigenvalue weighted by molar-refractivity contribution is -0.137. The first-order valence-electron chi connectivity index (χ1n) is 13.8. The van der Waals surface area contributed by atoms with Crippen LogP contribution in [0, 0.1) is 23.5 Å². The minimum absolute atomic E-state index is 0.182. The van der Waals surface area contributed by atoms with E-state index >= 15 is 0 Å². The number of amides is 1. The van der Waals surface area contributed by atoms with E-state index < -0.39 is 46.8 Å². The zero-order valence-corrected chi connectivity index (χ0v) is 22.8. The van der Waals surface area contributed by atoms with Crippen molar-refractivity contribution in [2.24, 2.45) is 11.8 Å². The molecule has 6 nitrogen and oxygen atoms in total. The standard InChI is InChI=1S/C31H30F5N3O3/c1-2-42-29(41)19-8-14-22(15-9-19)37-28(40)27(18-6-4-3-5-7-18)30(20-10-12-21(13-11-20)31(34,35)36)38-25-16-23(32)24(33)17-26(25)39-30/h8-18,27,38-39H,2-7H2,1H3,(H,37,40). The number of nitrogens with one attached hydrogen (secondary N) is 3. The number of benzene rings is 3. The van der Waals surface area contributed by atoms with Crippen molar-refractivity contribution in [3.8, 4) is 0 Å². The van der Waals surface area contributed by atoms with E-state index in [1.165, 1.54) is 24.3 Å². The highest BCUT2D eigenvalue weighted by Gasteiger charge is 2.52. The van der Waals surface area contributed by atoms with Crippen molar-refractivity contribution >= 4 is 28.9 Å². The van der Waals surface area contributed by atoms with E-state index in [1.54, 1.807) is 19.1 Å². The van der Waals surface area contributed by atoms with Gasteiger partial charge in [-0.15, -0.1) is 0 Å². The highest BCUT2D eigenvalue weighted by Crippen LogP contribution is 2.50. The van der Waals surface area contributed by atoms with Gasteiger partial charge in [-0.3, -0.25) is 4.79 Å². The Kier molecular flexibility index (Phi) is 8.12. The van der Waals surface area contributed by atoms with Crippen LogP contribution in [0.2, 0.25) is 0 Å². The molecule has 222 valence electrons. The number of carbonyl (C=O) groups excluding carboxylic acids is 2. The number of anilines is 3. The van der Waals surface area contributed by atoms with Crippen LogP contribution >= 0.6 is 0 Å². The molecule has 3 aromatic carbocycles. The maximum atomic E-state index is 14.3. The molecular weight excluding hydrogens is 557 g/mol. The van der Waals surface area contributed by atoms with Crippen molar-refractivity contribution in [3.63, 3.8) is 0 Å². The van der Waals surface area contributed by atoms with Crippen LogP contribution in [0.1, 0.15) is 60.5 Å². The maximum Gasteiger partial charge on any atom is 0.416 e. The SMILES string of the molecule is CCOC(=O)c1ccc(NC(=O)C(C2CCCCC2)C2(c3ccc(C(F)(F)F)cc3)Nc3cc(F)c(F)cc3N2)cc1. The fourth-order valence-corrected chi connectivity index (χ4v) is 5.97. The van der Waals surface area contributed by atoms with Crippen molar-refractivity contribution < 1.29 is 36.3 Å². The Morgan fingerprint density at radius 2 is 1.50 bits per heavy atom. The van der Waals surface area contributed by atoms with Crippen LogP contribution in [0.3, 0.4) is 0 Å². The average Bonchev–Trinajstić information content (AvgIpc) is 3.32. The molecule has 0 saturated heterocycles. The van der Waals surface area contributed by atoms with Crippen molar-refractivity contribution in [2.45, 2.75) is 50.9 Å². The predicted molar refractivity (Wildman–Crippen MR) is 148 cm³/mol. The number of alkyl halides is 3. The number of halogens is 5. The molecule has 0 bridgehead atoms. The second kappa shape index (κ2) is 11.6. The second-order valence-electron chi connectivity index (χ2n) is 10.6. The summed E-state index contributed by atoms with van der Waals surface area (Å²) in [7, 11) is 0. The Hall–Kier alpha value is -4.15. The monoisotopic (exact) mass is 587 g/mol. The zero-order chi connectivity index (χ0) is 30.1. The van der Waals surface area contributed by atoms with Crippen LogP contribution < -0.4 is 16.0 Å². The molecule has 0 spiro atoms. The fourth-order valence-electron chi connectivity index (χ4n) is 5.97. The Balaban J connectivity index is 1.57. The smallest absolute Gasteiger partial charge is 0.416 e. The Bertz CT molecular complexity index is 1420. The maximum absolute atomic E-state index is 14.3. The van der Waals surface area contributed by atoms with E-state index in [1.807, 2.05) is 0 Å². The molecule has 11 heteroatoms. The van der Waals surface area contributed by atoms with E-state index in [0.29, 0.717) is 29.7 Å². The minimum Gasteiger partial charge on any atom is -0.462 e. The topological polar surface area (TPSA) is 79.5 Å². The normalized spacial score (nSPS) is 17.0. The number of esters is 1. The number of fused-ring (bicyclic) bond motifs is 1. The number of carbonyl (C=O) groups is 2.